The maximum Gasteiger partial charge on any atom is 0.0904 e. The number of morpholine rings is 1. The summed E-state index contributed by atoms with van der Waals surface area (Å²) < 4.78 is 5.43. The molecule has 3 rings (SSSR count). The van der Waals surface area contributed by atoms with Crippen molar-refractivity contribution in [2.75, 3.05) is 62.4 Å². The molecular formula is C17H27N3O. The largest absolute Gasteiger partial charge is 0.379 e. The second-order valence-electron chi connectivity index (χ2n) is 5.96. The van der Waals surface area contributed by atoms with Crippen LogP contribution in [0, 0.1) is 0 Å². The molecule has 0 spiro atoms. The Labute approximate surface area is 128 Å². The number of rotatable bonds is 6. The fourth-order valence-corrected chi connectivity index (χ4v) is 3.18. The van der Waals surface area contributed by atoms with Crippen molar-refractivity contribution >= 4 is 11.4 Å². The SMILES string of the molecule is CCCCN1CN(CCN2CCOCC2)c2ccccc21. The number of fused-ring (bicyclic) bond motifs is 1. The molecule has 0 saturated carbocycles. The predicted octanol–water partition coefficient (Wildman–Crippen LogP) is 2.40. The highest BCUT2D eigenvalue weighted by atomic mass is 16.5. The van der Waals surface area contributed by atoms with Gasteiger partial charge in [-0.2, -0.15) is 0 Å². The van der Waals surface area contributed by atoms with Crippen LogP contribution in [0.4, 0.5) is 11.4 Å². The minimum atomic E-state index is 0.888. The van der Waals surface area contributed by atoms with Gasteiger partial charge in [0, 0.05) is 32.7 Å². The van der Waals surface area contributed by atoms with Crippen molar-refractivity contribution in [1.29, 1.82) is 0 Å². The van der Waals surface area contributed by atoms with E-state index in [4.69, 9.17) is 4.74 Å². The Kier molecular flexibility index (Phi) is 4.99. The quantitative estimate of drug-likeness (QED) is 0.800. The van der Waals surface area contributed by atoms with Crippen molar-refractivity contribution in [2.24, 2.45) is 0 Å². The van der Waals surface area contributed by atoms with Gasteiger partial charge in [-0.25, -0.2) is 0 Å². The van der Waals surface area contributed by atoms with Gasteiger partial charge in [-0.1, -0.05) is 25.5 Å². The molecule has 21 heavy (non-hydrogen) atoms. The third kappa shape index (κ3) is 3.50. The van der Waals surface area contributed by atoms with Gasteiger partial charge in [-0.3, -0.25) is 4.90 Å². The number of nitrogens with zero attached hydrogens (tertiary/aromatic N) is 3. The Hall–Kier alpha value is -1.26. The molecule has 1 saturated heterocycles. The number of anilines is 2. The molecule has 1 fully saturated rings. The van der Waals surface area contributed by atoms with Gasteiger partial charge in [0.2, 0.25) is 0 Å². The van der Waals surface area contributed by atoms with Crippen molar-refractivity contribution in [1.82, 2.24) is 4.90 Å². The number of ether oxygens (including phenoxy) is 1. The molecule has 0 amide bonds. The number of unbranched alkanes of at least 4 members (excludes halogenated alkanes) is 1. The molecule has 0 bridgehead atoms. The third-order valence-electron chi connectivity index (χ3n) is 4.48. The predicted molar refractivity (Wildman–Crippen MR) is 88.2 cm³/mol. The van der Waals surface area contributed by atoms with Crippen LogP contribution < -0.4 is 9.80 Å². The Morgan fingerprint density at radius 2 is 1.62 bits per heavy atom. The topological polar surface area (TPSA) is 19.0 Å². The van der Waals surface area contributed by atoms with Crippen molar-refractivity contribution in [3.63, 3.8) is 0 Å². The first kappa shape index (κ1) is 14.7. The van der Waals surface area contributed by atoms with Crippen LogP contribution in [0.1, 0.15) is 19.8 Å². The van der Waals surface area contributed by atoms with E-state index in [9.17, 15) is 0 Å². The first-order valence-electron chi connectivity index (χ1n) is 8.27. The van der Waals surface area contributed by atoms with Crippen molar-refractivity contribution in [3.05, 3.63) is 24.3 Å². The second kappa shape index (κ2) is 7.14. The molecule has 116 valence electrons. The molecule has 1 aromatic carbocycles. The molecule has 1 aromatic rings. The van der Waals surface area contributed by atoms with Crippen LogP contribution in [0.25, 0.3) is 0 Å². The molecular weight excluding hydrogens is 262 g/mol. The zero-order valence-corrected chi connectivity index (χ0v) is 13.1. The summed E-state index contributed by atoms with van der Waals surface area (Å²) in [6, 6.07) is 8.84. The number of para-hydroxylation sites is 2. The summed E-state index contributed by atoms with van der Waals surface area (Å²) in [5.74, 6) is 0. The van der Waals surface area contributed by atoms with E-state index in [-0.39, 0.29) is 0 Å². The van der Waals surface area contributed by atoms with Gasteiger partial charge in [-0.05, 0) is 18.6 Å². The van der Waals surface area contributed by atoms with E-state index < -0.39 is 0 Å². The van der Waals surface area contributed by atoms with Crippen molar-refractivity contribution < 1.29 is 4.74 Å². The van der Waals surface area contributed by atoms with E-state index in [1.54, 1.807) is 0 Å². The molecule has 0 N–H and O–H groups in total. The van der Waals surface area contributed by atoms with E-state index in [0.717, 1.165) is 46.1 Å². The Balaban J connectivity index is 1.60. The molecule has 4 nitrogen and oxygen atoms in total. The van der Waals surface area contributed by atoms with Crippen LogP contribution in [-0.2, 0) is 4.74 Å². The van der Waals surface area contributed by atoms with Crippen molar-refractivity contribution in [2.45, 2.75) is 19.8 Å². The van der Waals surface area contributed by atoms with E-state index in [0.29, 0.717) is 0 Å². The summed E-state index contributed by atoms with van der Waals surface area (Å²) in [4.78, 5) is 7.57. The van der Waals surface area contributed by atoms with E-state index in [1.807, 2.05) is 0 Å². The van der Waals surface area contributed by atoms with E-state index >= 15 is 0 Å². The summed E-state index contributed by atoms with van der Waals surface area (Å²) in [6.45, 7) is 10.7. The number of hydrogen-bond acceptors (Lipinski definition) is 4. The normalized spacial score (nSPS) is 19.1. The van der Waals surface area contributed by atoms with Crippen LogP contribution in [0.3, 0.4) is 0 Å². The van der Waals surface area contributed by atoms with Crippen LogP contribution in [0.5, 0.6) is 0 Å². The molecule has 0 radical (unpaired) electrons. The lowest BCUT2D eigenvalue weighted by molar-refractivity contribution is 0.0392. The van der Waals surface area contributed by atoms with Gasteiger partial charge < -0.3 is 14.5 Å². The molecule has 0 aliphatic carbocycles. The van der Waals surface area contributed by atoms with Gasteiger partial charge in [0.15, 0.2) is 0 Å². The molecule has 4 heteroatoms. The lowest BCUT2D eigenvalue weighted by Crippen LogP contribution is -2.42. The highest BCUT2D eigenvalue weighted by Gasteiger charge is 2.25. The smallest absolute Gasteiger partial charge is 0.0904 e. The first-order valence-corrected chi connectivity index (χ1v) is 8.27. The molecule has 2 aliphatic rings. The lowest BCUT2D eigenvalue weighted by Gasteiger charge is -2.29. The maximum atomic E-state index is 5.43. The molecule has 2 heterocycles. The van der Waals surface area contributed by atoms with Gasteiger partial charge >= 0.3 is 0 Å². The third-order valence-corrected chi connectivity index (χ3v) is 4.48. The summed E-state index contributed by atoms with van der Waals surface area (Å²) >= 11 is 0. The lowest BCUT2D eigenvalue weighted by atomic mass is 10.2. The molecule has 2 aliphatic heterocycles. The fraction of sp³-hybridized carbons (Fsp3) is 0.647. The average Bonchev–Trinajstić information content (AvgIpc) is 2.90. The van der Waals surface area contributed by atoms with E-state index in [1.165, 1.54) is 30.8 Å². The van der Waals surface area contributed by atoms with Gasteiger partial charge in [0.1, 0.15) is 0 Å². The molecule has 0 aromatic heterocycles. The minimum Gasteiger partial charge on any atom is -0.379 e. The highest BCUT2D eigenvalue weighted by molar-refractivity contribution is 5.76. The van der Waals surface area contributed by atoms with Crippen LogP contribution in [-0.4, -0.2) is 57.5 Å². The van der Waals surface area contributed by atoms with Gasteiger partial charge in [0.25, 0.3) is 0 Å². The molecule has 0 atom stereocenters. The summed E-state index contributed by atoms with van der Waals surface area (Å²) in [6.07, 6.45) is 2.53. The van der Waals surface area contributed by atoms with E-state index in [2.05, 4.69) is 45.9 Å². The average molecular weight is 289 g/mol. The van der Waals surface area contributed by atoms with Crippen LogP contribution in [0.15, 0.2) is 24.3 Å². The zero-order chi connectivity index (χ0) is 14.5. The number of benzene rings is 1. The van der Waals surface area contributed by atoms with Gasteiger partial charge in [-0.15, -0.1) is 0 Å². The highest BCUT2D eigenvalue weighted by Crippen LogP contribution is 2.35. The van der Waals surface area contributed by atoms with Crippen LogP contribution >= 0.6 is 0 Å². The fourth-order valence-electron chi connectivity index (χ4n) is 3.18. The second-order valence-corrected chi connectivity index (χ2v) is 5.96. The Morgan fingerprint density at radius 3 is 2.29 bits per heavy atom. The summed E-state index contributed by atoms with van der Waals surface area (Å²) in [5.41, 5.74) is 2.81. The maximum absolute atomic E-state index is 5.43. The standard InChI is InChI=1S/C17H27N3O/c1-2-3-8-19-15-20(17-7-5-4-6-16(17)19)10-9-18-11-13-21-14-12-18/h4-7H,2-3,8-15H2,1H3. The minimum absolute atomic E-state index is 0.888. The first-order chi connectivity index (χ1) is 10.4. The number of hydrogen-bond donors (Lipinski definition) is 0. The van der Waals surface area contributed by atoms with Gasteiger partial charge in [0.05, 0.1) is 31.3 Å². The summed E-state index contributed by atoms with van der Waals surface area (Å²) in [7, 11) is 0. The summed E-state index contributed by atoms with van der Waals surface area (Å²) in [5, 5.41) is 0. The van der Waals surface area contributed by atoms with Crippen LogP contribution in [0.2, 0.25) is 0 Å². The molecule has 0 unspecified atom stereocenters. The Bertz CT molecular complexity index is 445. The van der Waals surface area contributed by atoms with Crippen molar-refractivity contribution in [3.8, 4) is 0 Å². The Morgan fingerprint density at radius 1 is 0.952 bits per heavy atom. The monoisotopic (exact) mass is 289 g/mol. The zero-order valence-electron chi connectivity index (χ0n) is 13.1.